The van der Waals surface area contributed by atoms with Crippen LogP contribution in [0.2, 0.25) is 0 Å². The molecule has 0 bridgehead atoms. The SMILES string of the molecule is CCCCCC/C=C\CSC(=O)CCCCCCCC(CCCCCCCC(=O)SC/C=C\CCCCCC)COC(=O)CC(C)(C)CC(C)(C)CN(C)C. The lowest BCUT2D eigenvalue weighted by Gasteiger charge is -2.36. The lowest BCUT2D eigenvalue weighted by molar-refractivity contribution is -0.148. The summed E-state index contributed by atoms with van der Waals surface area (Å²) in [5, 5.41) is 0.646. The van der Waals surface area contributed by atoms with Gasteiger partial charge in [-0.15, -0.1) is 0 Å². The van der Waals surface area contributed by atoms with Crippen LogP contribution in [-0.4, -0.2) is 59.9 Å². The standard InChI is InChI=1S/C48H89NO4S2/c1-9-11-13-15-17-25-31-37-54-45(51)35-29-23-19-21-27-33-43(40-53-44(50)39-47(3,4)41-48(5,6)42-49(7)8)34-28-22-20-24-30-36-46(52)55-38-32-26-18-16-14-12-10-2/h25-26,31-32,43H,9-24,27-30,33-42H2,1-8H3/b31-25-,32-26-. The Morgan fingerprint density at radius 3 is 1.47 bits per heavy atom. The topological polar surface area (TPSA) is 63.7 Å². The molecule has 0 saturated carbocycles. The van der Waals surface area contributed by atoms with E-state index in [1.807, 2.05) is 0 Å². The van der Waals surface area contributed by atoms with Gasteiger partial charge in [-0.25, -0.2) is 0 Å². The first-order valence-corrected chi connectivity index (χ1v) is 24.7. The molecule has 0 amide bonds. The molecule has 0 aliphatic heterocycles. The molecule has 0 fully saturated rings. The maximum atomic E-state index is 13.1. The Balaban J connectivity index is 4.55. The van der Waals surface area contributed by atoms with Gasteiger partial charge in [0.05, 0.1) is 13.0 Å². The van der Waals surface area contributed by atoms with Gasteiger partial charge < -0.3 is 9.64 Å². The molecular formula is C48H89NO4S2. The lowest BCUT2D eigenvalue weighted by Crippen LogP contribution is -2.34. The number of allylic oxidation sites excluding steroid dienone is 2. The molecule has 0 aliphatic rings. The molecule has 0 N–H and O–H groups in total. The van der Waals surface area contributed by atoms with Crippen LogP contribution >= 0.6 is 23.5 Å². The number of carbonyl (C=O) groups is 3. The molecule has 0 rings (SSSR count). The largest absolute Gasteiger partial charge is 0.465 e. The minimum absolute atomic E-state index is 0.0642. The fraction of sp³-hybridized carbons (Fsp3) is 0.854. The van der Waals surface area contributed by atoms with E-state index in [4.69, 9.17) is 4.74 Å². The number of nitrogens with zero attached hydrogens (tertiary/aromatic N) is 1. The summed E-state index contributed by atoms with van der Waals surface area (Å²) in [5.41, 5.74) is 0.0181. The highest BCUT2D eigenvalue weighted by Crippen LogP contribution is 2.37. The maximum Gasteiger partial charge on any atom is 0.306 e. The van der Waals surface area contributed by atoms with Crippen molar-refractivity contribution in [1.82, 2.24) is 4.90 Å². The Kier molecular flexibility index (Phi) is 35.4. The molecule has 0 saturated heterocycles. The third-order valence-corrected chi connectivity index (χ3v) is 12.0. The highest BCUT2D eigenvalue weighted by atomic mass is 32.2. The summed E-state index contributed by atoms with van der Waals surface area (Å²) < 4.78 is 5.98. The Morgan fingerprint density at radius 2 is 1.02 bits per heavy atom. The summed E-state index contributed by atoms with van der Waals surface area (Å²) in [5.74, 6) is 1.94. The van der Waals surface area contributed by atoms with Crippen LogP contribution in [0.15, 0.2) is 24.3 Å². The molecule has 0 aliphatic carbocycles. The molecule has 0 radical (unpaired) electrons. The molecule has 322 valence electrons. The van der Waals surface area contributed by atoms with Crippen molar-refractivity contribution in [2.24, 2.45) is 16.7 Å². The second kappa shape index (κ2) is 36.1. The summed E-state index contributed by atoms with van der Waals surface area (Å²) in [6, 6.07) is 0. The Morgan fingerprint density at radius 1 is 0.582 bits per heavy atom. The number of unbranched alkanes of at least 4 members (excludes halogenated alkanes) is 16. The predicted octanol–water partition coefficient (Wildman–Crippen LogP) is 14.6. The second-order valence-corrected chi connectivity index (χ2v) is 20.2. The number of ether oxygens (including phenoxy) is 1. The molecule has 0 aromatic carbocycles. The van der Waals surface area contributed by atoms with E-state index in [0.717, 1.165) is 102 Å². The number of carbonyl (C=O) groups excluding carboxylic acids is 3. The molecule has 0 unspecified atom stereocenters. The average molecular weight is 808 g/mol. The van der Waals surface area contributed by atoms with Crippen molar-refractivity contribution in [2.45, 2.75) is 208 Å². The van der Waals surface area contributed by atoms with Crippen LogP contribution in [0.3, 0.4) is 0 Å². The van der Waals surface area contributed by atoms with Gasteiger partial charge in [-0.2, -0.15) is 0 Å². The number of thioether (sulfide) groups is 2. The van der Waals surface area contributed by atoms with Gasteiger partial charge in [0.1, 0.15) is 0 Å². The smallest absolute Gasteiger partial charge is 0.306 e. The van der Waals surface area contributed by atoms with Crippen molar-refractivity contribution >= 4 is 39.7 Å². The normalized spacial score (nSPS) is 12.5. The van der Waals surface area contributed by atoms with Crippen molar-refractivity contribution in [3.8, 4) is 0 Å². The molecule has 55 heavy (non-hydrogen) atoms. The van der Waals surface area contributed by atoms with E-state index in [-0.39, 0.29) is 16.8 Å². The number of esters is 1. The van der Waals surface area contributed by atoms with Crippen LogP contribution in [0, 0.1) is 16.7 Å². The summed E-state index contributed by atoms with van der Waals surface area (Å²) in [6.45, 7) is 15.0. The lowest BCUT2D eigenvalue weighted by atomic mass is 9.73. The van der Waals surface area contributed by atoms with Gasteiger partial charge in [0.25, 0.3) is 0 Å². The van der Waals surface area contributed by atoms with Gasteiger partial charge >= 0.3 is 5.97 Å². The monoisotopic (exact) mass is 808 g/mol. The number of hydrogen-bond donors (Lipinski definition) is 0. The van der Waals surface area contributed by atoms with E-state index >= 15 is 0 Å². The Labute approximate surface area is 350 Å². The number of hydrogen-bond acceptors (Lipinski definition) is 7. The molecule has 0 aromatic rings. The van der Waals surface area contributed by atoms with Crippen LogP contribution < -0.4 is 0 Å². The van der Waals surface area contributed by atoms with E-state index in [9.17, 15) is 14.4 Å². The van der Waals surface area contributed by atoms with E-state index in [1.165, 1.54) is 87.7 Å². The fourth-order valence-electron chi connectivity index (χ4n) is 7.88. The summed E-state index contributed by atoms with van der Waals surface area (Å²) in [6.07, 6.45) is 37.4. The van der Waals surface area contributed by atoms with Crippen LogP contribution in [0.5, 0.6) is 0 Å². The van der Waals surface area contributed by atoms with Crippen molar-refractivity contribution in [1.29, 1.82) is 0 Å². The highest BCUT2D eigenvalue weighted by molar-refractivity contribution is 8.14. The summed E-state index contributed by atoms with van der Waals surface area (Å²) >= 11 is 2.93. The van der Waals surface area contributed by atoms with E-state index < -0.39 is 0 Å². The average Bonchev–Trinajstić information content (AvgIpc) is 3.10. The van der Waals surface area contributed by atoms with E-state index in [1.54, 1.807) is 0 Å². The third-order valence-electron chi connectivity index (χ3n) is 10.3. The molecule has 0 atom stereocenters. The molecule has 0 spiro atoms. The van der Waals surface area contributed by atoms with Gasteiger partial charge in [-0.3, -0.25) is 14.4 Å². The van der Waals surface area contributed by atoms with Gasteiger partial charge in [0.2, 0.25) is 0 Å². The second-order valence-electron chi connectivity index (χ2n) is 18.1. The van der Waals surface area contributed by atoms with Crippen molar-refractivity contribution < 1.29 is 19.1 Å². The molecule has 5 nitrogen and oxygen atoms in total. The van der Waals surface area contributed by atoms with Gasteiger partial charge in [-0.1, -0.05) is 179 Å². The zero-order valence-corrected chi connectivity index (χ0v) is 39.1. The van der Waals surface area contributed by atoms with Gasteiger partial charge in [0, 0.05) is 30.9 Å². The minimum Gasteiger partial charge on any atom is -0.465 e. The van der Waals surface area contributed by atoms with Crippen LogP contribution in [0.4, 0.5) is 0 Å². The van der Waals surface area contributed by atoms with Crippen LogP contribution in [0.25, 0.3) is 0 Å². The zero-order valence-electron chi connectivity index (χ0n) is 37.5. The van der Waals surface area contributed by atoms with E-state index in [0.29, 0.717) is 42.0 Å². The van der Waals surface area contributed by atoms with Crippen molar-refractivity contribution in [2.75, 3.05) is 38.8 Å². The summed E-state index contributed by atoms with van der Waals surface area (Å²) in [4.78, 5) is 39.9. The minimum atomic E-state index is -0.110. The molecule has 0 aromatic heterocycles. The van der Waals surface area contributed by atoms with Gasteiger partial charge in [-0.05, 0) is 88.6 Å². The molecular weight excluding hydrogens is 719 g/mol. The molecule has 0 heterocycles. The van der Waals surface area contributed by atoms with Gasteiger partial charge in [0.15, 0.2) is 10.2 Å². The zero-order chi connectivity index (χ0) is 41.0. The summed E-state index contributed by atoms with van der Waals surface area (Å²) in [7, 11) is 4.22. The first-order chi connectivity index (χ1) is 26.3. The fourth-order valence-corrected chi connectivity index (χ4v) is 9.29. The first kappa shape index (κ1) is 53.9. The number of rotatable bonds is 38. The van der Waals surface area contributed by atoms with Crippen molar-refractivity contribution in [3.63, 3.8) is 0 Å². The maximum absolute atomic E-state index is 13.1. The first-order valence-electron chi connectivity index (χ1n) is 22.7. The van der Waals surface area contributed by atoms with E-state index in [2.05, 4.69) is 84.8 Å². The highest BCUT2D eigenvalue weighted by Gasteiger charge is 2.32. The quantitative estimate of drug-likeness (QED) is 0.0350. The van der Waals surface area contributed by atoms with Crippen LogP contribution in [0.1, 0.15) is 208 Å². The molecule has 7 heteroatoms. The van der Waals surface area contributed by atoms with Crippen LogP contribution in [-0.2, 0) is 19.1 Å². The predicted molar refractivity (Wildman–Crippen MR) is 245 cm³/mol. The third kappa shape index (κ3) is 38.2. The van der Waals surface area contributed by atoms with Crippen molar-refractivity contribution in [3.05, 3.63) is 24.3 Å². The Hall–Kier alpha value is -1.05. The Bertz CT molecular complexity index is 954.